The molecule has 1 aliphatic rings. The highest BCUT2D eigenvalue weighted by molar-refractivity contribution is 4.88. The third kappa shape index (κ3) is 4.04. The van der Waals surface area contributed by atoms with Gasteiger partial charge < -0.3 is 19.2 Å². The molecule has 1 atom stereocenters. The van der Waals surface area contributed by atoms with Crippen molar-refractivity contribution < 1.29 is 13.9 Å². The molecule has 1 aromatic heterocycles. The first-order valence-corrected chi connectivity index (χ1v) is 6.62. The van der Waals surface area contributed by atoms with Gasteiger partial charge in [-0.05, 0) is 25.9 Å². The number of hydrogen-bond donors (Lipinski definition) is 1. The van der Waals surface area contributed by atoms with Crippen LogP contribution < -0.4 is 5.32 Å². The van der Waals surface area contributed by atoms with Crippen LogP contribution in [0.3, 0.4) is 0 Å². The molecular formula is C12H21N3O3. The fraction of sp³-hybridized carbons (Fsp3) is 0.833. The van der Waals surface area contributed by atoms with Crippen molar-refractivity contribution in [2.75, 3.05) is 32.9 Å². The van der Waals surface area contributed by atoms with Gasteiger partial charge in [0.15, 0.2) is 6.10 Å². The Hall–Kier alpha value is -0.980. The molecule has 0 radical (unpaired) electrons. The van der Waals surface area contributed by atoms with E-state index < -0.39 is 0 Å². The lowest BCUT2D eigenvalue weighted by molar-refractivity contribution is -0.0999. The second-order valence-corrected chi connectivity index (χ2v) is 4.32. The maximum atomic E-state index is 5.57. The van der Waals surface area contributed by atoms with Crippen molar-refractivity contribution in [2.24, 2.45) is 0 Å². The first-order chi connectivity index (χ1) is 8.90. The van der Waals surface area contributed by atoms with E-state index in [9.17, 15) is 0 Å². The van der Waals surface area contributed by atoms with Crippen molar-refractivity contribution in [3.63, 3.8) is 0 Å². The Balaban J connectivity index is 1.72. The molecule has 2 heterocycles. The average Bonchev–Trinajstić information content (AvgIpc) is 2.88. The lowest BCUT2D eigenvalue weighted by Crippen LogP contribution is -2.22. The lowest BCUT2D eigenvalue weighted by atomic mass is 10.3. The highest BCUT2D eigenvalue weighted by atomic mass is 16.6. The smallest absolute Gasteiger partial charge is 0.247 e. The van der Waals surface area contributed by atoms with Gasteiger partial charge in [0.25, 0.3) is 0 Å². The summed E-state index contributed by atoms with van der Waals surface area (Å²) in [7, 11) is 0. The number of aryl methyl sites for hydroxylation is 1. The summed E-state index contributed by atoms with van der Waals surface area (Å²) in [6.45, 7) is 5.92. The lowest BCUT2D eigenvalue weighted by Gasteiger charge is -2.19. The van der Waals surface area contributed by atoms with Gasteiger partial charge >= 0.3 is 0 Å². The van der Waals surface area contributed by atoms with Gasteiger partial charge in [-0.1, -0.05) is 6.92 Å². The SMILES string of the molecule is CCCNCCCc1nnc(C2COCCO2)o1. The molecule has 2 rings (SSSR count). The highest BCUT2D eigenvalue weighted by Crippen LogP contribution is 2.19. The zero-order chi connectivity index (χ0) is 12.6. The summed E-state index contributed by atoms with van der Waals surface area (Å²) in [5, 5.41) is 11.4. The van der Waals surface area contributed by atoms with Gasteiger partial charge in [0, 0.05) is 6.42 Å². The minimum atomic E-state index is -0.196. The largest absolute Gasteiger partial charge is 0.422 e. The van der Waals surface area contributed by atoms with Crippen molar-refractivity contribution in [3.8, 4) is 0 Å². The van der Waals surface area contributed by atoms with E-state index in [1.54, 1.807) is 0 Å². The first-order valence-electron chi connectivity index (χ1n) is 6.62. The Morgan fingerprint density at radius 2 is 2.22 bits per heavy atom. The van der Waals surface area contributed by atoms with Gasteiger partial charge in [-0.15, -0.1) is 10.2 Å². The number of hydrogen-bond acceptors (Lipinski definition) is 6. The van der Waals surface area contributed by atoms with Gasteiger partial charge in [-0.25, -0.2) is 0 Å². The quantitative estimate of drug-likeness (QED) is 0.735. The molecule has 0 aliphatic carbocycles. The number of nitrogens with one attached hydrogen (secondary N) is 1. The second-order valence-electron chi connectivity index (χ2n) is 4.32. The van der Waals surface area contributed by atoms with Crippen molar-refractivity contribution in [1.29, 1.82) is 0 Å². The average molecular weight is 255 g/mol. The summed E-state index contributed by atoms with van der Waals surface area (Å²) < 4.78 is 16.4. The van der Waals surface area contributed by atoms with Crippen LogP contribution in [0, 0.1) is 0 Å². The van der Waals surface area contributed by atoms with Gasteiger partial charge in [0.1, 0.15) is 0 Å². The van der Waals surface area contributed by atoms with E-state index in [0.29, 0.717) is 31.6 Å². The minimum absolute atomic E-state index is 0.196. The minimum Gasteiger partial charge on any atom is -0.422 e. The van der Waals surface area contributed by atoms with Crippen LogP contribution in [0.4, 0.5) is 0 Å². The molecule has 6 nitrogen and oxygen atoms in total. The molecule has 0 spiro atoms. The van der Waals surface area contributed by atoms with Crippen molar-refractivity contribution >= 4 is 0 Å². The van der Waals surface area contributed by atoms with E-state index in [1.807, 2.05) is 0 Å². The molecule has 1 saturated heterocycles. The summed E-state index contributed by atoms with van der Waals surface area (Å²) in [6, 6.07) is 0. The van der Waals surface area contributed by atoms with Crippen LogP contribution in [0.15, 0.2) is 4.42 Å². The number of aromatic nitrogens is 2. The molecule has 1 N–H and O–H groups in total. The van der Waals surface area contributed by atoms with Crippen molar-refractivity contribution in [2.45, 2.75) is 32.3 Å². The summed E-state index contributed by atoms with van der Waals surface area (Å²) in [5.41, 5.74) is 0. The Labute approximate surface area is 107 Å². The molecule has 1 fully saturated rings. The summed E-state index contributed by atoms with van der Waals surface area (Å²) >= 11 is 0. The predicted molar refractivity (Wildman–Crippen MR) is 65.3 cm³/mol. The fourth-order valence-electron chi connectivity index (χ4n) is 1.79. The van der Waals surface area contributed by atoms with Crippen LogP contribution in [0.5, 0.6) is 0 Å². The number of ether oxygens (including phenoxy) is 2. The summed E-state index contributed by atoms with van der Waals surface area (Å²) in [5.74, 6) is 1.21. The van der Waals surface area contributed by atoms with Crippen molar-refractivity contribution in [3.05, 3.63) is 11.8 Å². The molecule has 0 amide bonds. The van der Waals surface area contributed by atoms with E-state index in [0.717, 1.165) is 32.4 Å². The van der Waals surface area contributed by atoms with E-state index in [2.05, 4.69) is 22.4 Å². The molecule has 0 bridgehead atoms. The Morgan fingerprint density at radius 3 is 3.00 bits per heavy atom. The fourth-order valence-corrected chi connectivity index (χ4v) is 1.79. The topological polar surface area (TPSA) is 69.4 Å². The Kier molecular flexibility index (Phi) is 5.57. The van der Waals surface area contributed by atoms with Gasteiger partial charge in [0.05, 0.1) is 19.8 Å². The maximum Gasteiger partial charge on any atom is 0.247 e. The van der Waals surface area contributed by atoms with E-state index >= 15 is 0 Å². The highest BCUT2D eigenvalue weighted by Gasteiger charge is 2.22. The zero-order valence-electron chi connectivity index (χ0n) is 10.9. The first kappa shape index (κ1) is 13.5. The number of rotatable bonds is 7. The van der Waals surface area contributed by atoms with Gasteiger partial charge in [-0.3, -0.25) is 0 Å². The Morgan fingerprint density at radius 1 is 1.28 bits per heavy atom. The van der Waals surface area contributed by atoms with Crippen LogP contribution in [-0.2, 0) is 15.9 Å². The molecular weight excluding hydrogens is 234 g/mol. The summed E-state index contributed by atoms with van der Waals surface area (Å²) in [6.07, 6.45) is 2.77. The van der Waals surface area contributed by atoms with Crippen molar-refractivity contribution in [1.82, 2.24) is 15.5 Å². The molecule has 1 aromatic rings. The predicted octanol–water partition coefficient (Wildman–Crippen LogP) is 1.09. The molecule has 0 saturated carbocycles. The van der Waals surface area contributed by atoms with Crippen LogP contribution in [0.1, 0.15) is 37.7 Å². The van der Waals surface area contributed by atoms with Gasteiger partial charge in [-0.2, -0.15) is 0 Å². The zero-order valence-corrected chi connectivity index (χ0v) is 10.9. The molecule has 0 aromatic carbocycles. The molecule has 18 heavy (non-hydrogen) atoms. The van der Waals surface area contributed by atoms with E-state index in [-0.39, 0.29) is 6.10 Å². The Bertz CT molecular complexity index is 337. The van der Waals surface area contributed by atoms with Crippen LogP contribution in [0.2, 0.25) is 0 Å². The second kappa shape index (κ2) is 7.45. The van der Waals surface area contributed by atoms with E-state index in [1.165, 1.54) is 0 Å². The van der Waals surface area contributed by atoms with E-state index in [4.69, 9.17) is 13.9 Å². The maximum absolute atomic E-state index is 5.57. The van der Waals surface area contributed by atoms with Crippen LogP contribution in [-0.4, -0.2) is 43.1 Å². The van der Waals surface area contributed by atoms with Crippen LogP contribution >= 0.6 is 0 Å². The molecule has 1 unspecified atom stereocenters. The molecule has 102 valence electrons. The third-order valence-corrected chi connectivity index (χ3v) is 2.74. The summed E-state index contributed by atoms with van der Waals surface area (Å²) in [4.78, 5) is 0. The third-order valence-electron chi connectivity index (χ3n) is 2.74. The van der Waals surface area contributed by atoms with Crippen LogP contribution in [0.25, 0.3) is 0 Å². The monoisotopic (exact) mass is 255 g/mol. The molecule has 6 heteroatoms. The van der Waals surface area contributed by atoms with Gasteiger partial charge in [0.2, 0.25) is 11.8 Å². The normalized spacial score (nSPS) is 20.2. The standard InChI is InChI=1S/C12H21N3O3/c1-2-5-13-6-3-4-11-14-15-12(18-11)10-9-16-7-8-17-10/h10,13H,2-9H2,1H3. The molecule has 1 aliphatic heterocycles. The number of nitrogens with zero attached hydrogens (tertiary/aromatic N) is 2.